The molecule has 6 nitrogen and oxygen atoms in total. The molecular formula is C16H31BrO6. The Labute approximate surface area is 148 Å². The lowest BCUT2D eigenvalue weighted by Gasteiger charge is -2.19. The third kappa shape index (κ3) is 19.7. The van der Waals surface area contributed by atoms with Crippen molar-refractivity contribution in [1.82, 2.24) is 0 Å². The van der Waals surface area contributed by atoms with E-state index >= 15 is 0 Å². The molecule has 0 heterocycles. The van der Waals surface area contributed by atoms with Crippen LogP contribution >= 0.6 is 15.9 Å². The maximum absolute atomic E-state index is 11.4. The summed E-state index contributed by atoms with van der Waals surface area (Å²) >= 11 is 3.28. The van der Waals surface area contributed by atoms with Crippen LogP contribution in [-0.2, 0) is 28.5 Å². The second kappa shape index (κ2) is 15.3. The summed E-state index contributed by atoms with van der Waals surface area (Å²) in [5.74, 6) is -0.186. The highest BCUT2D eigenvalue weighted by Crippen LogP contribution is 2.08. The van der Waals surface area contributed by atoms with Crippen molar-refractivity contribution in [3.63, 3.8) is 0 Å². The van der Waals surface area contributed by atoms with Crippen LogP contribution in [-0.4, -0.2) is 69.8 Å². The average molecular weight is 399 g/mol. The summed E-state index contributed by atoms with van der Waals surface area (Å²) in [6.45, 7) is 10.1. The van der Waals surface area contributed by atoms with Gasteiger partial charge in [0.25, 0.3) is 0 Å². The van der Waals surface area contributed by atoms with Crippen molar-refractivity contribution in [3.8, 4) is 0 Å². The van der Waals surface area contributed by atoms with Gasteiger partial charge in [-0.1, -0.05) is 15.9 Å². The summed E-state index contributed by atoms with van der Waals surface area (Å²) in [5, 5.41) is 0.841. The zero-order valence-corrected chi connectivity index (χ0v) is 16.2. The van der Waals surface area contributed by atoms with E-state index in [4.69, 9.17) is 23.7 Å². The molecule has 0 aliphatic heterocycles. The Morgan fingerprint density at radius 2 is 1.22 bits per heavy atom. The van der Waals surface area contributed by atoms with Gasteiger partial charge < -0.3 is 23.7 Å². The molecule has 0 saturated heterocycles. The zero-order valence-electron chi connectivity index (χ0n) is 14.6. The predicted molar refractivity (Wildman–Crippen MR) is 92.1 cm³/mol. The van der Waals surface area contributed by atoms with Crippen molar-refractivity contribution < 1.29 is 28.5 Å². The second-order valence-corrected chi connectivity index (χ2v) is 6.62. The molecule has 0 aliphatic carbocycles. The van der Waals surface area contributed by atoms with E-state index in [-0.39, 0.29) is 5.97 Å². The van der Waals surface area contributed by atoms with Crippen LogP contribution in [0.1, 0.15) is 33.6 Å². The topological polar surface area (TPSA) is 63.2 Å². The predicted octanol–water partition coefficient (Wildman–Crippen LogP) is 2.57. The molecule has 138 valence electrons. The first-order chi connectivity index (χ1) is 11.0. The average Bonchev–Trinajstić information content (AvgIpc) is 2.46. The number of halogens is 1. The molecule has 0 aromatic carbocycles. The van der Waals surface area contributed by atoms with Gasteiger partial charge in [-0.25, -0.2) is 0 Å². The molecule has 0 radical (unpaired) electrons. The second-order valence-electron chi connectivity index (χ2n) is 5.83. The summed E-state index contributed by atoms with van der Waals surface area (Å²) in [6, 6.07) is 0. The highest BCUT2D eigenvalue weighted by molar-refractivity contribution is 9.09. The van der Waals surface area contributed by atoms with Crippen molar-refractivity contribution in [2.45, 2.75) is 39.2 Å². The Morgan fingerprint density at radius 3 is 1.65 bits per heavy atom. The zero-order chi connectivity index (χ0) is 17.4. The van der Waals surface area contributed by atoms with E-state index in [0.29, 0.717) is 65.7 Å². The monoisotopic (exact) mass is 398 g/mol. The minimum atomic E-state index is -0.423. The van der Waals surface area contributed by atoms with E-state index in [0.717, 1.165) is 5.33 Å². The molecule has 23 heavy (non-hydrogen) atoms. The number of ether oxygens (including phenoxy) is 5. The van der Waals surface area contributed by atoms with Crippen LogP contribution in [0.25, 0.3) is 0 Å². The molecule has 0 atom stereocenters. The molecular weight excluding hydrogens is 368 g/mol. The van der Waals surface area contributed by atoms with Gasteiger partial charge in [-0.05, 0) is 27.2 Å². The van der Waals surface area contributed by atoms with Crippen molar-refractivity contribution in [2.24, 2.45) is 0 Å². The Bertz CT molecular complexity index is 280. The molecule has 0 rings (SSSR count). The Kier molecular flexibility index (Phi) is 15.2. The number of esters is 1. The van der Waals surface area contributed by atoms with E-state index in [9.17, 15) is 4.79 Å². The summed E-state index contributed by atoms with van der Waals surface area (Å²) in [6.07, 6.45) is 1.04. The molecule has 0 saturated carbocycles. The van der Waals surface area contributed by atoms with Crippen LogP contribution in [0.2, 0.25) is 0 Å². The van der Waals surface area contributed by atoms with Gasteiger partial charge in [0, 0.05) is 18.4 Å². The van der Waals surface area contributed by atoms with Crippen LogP contribution in [0.5, 0.6) is 0 Å². The number of hydrogen-bond donors (Lipinski definition) is 0. The van der Waals surface area contributed by atoms with Crippen LogP contribution in [0.15, 0.2) is 0 Å². The fraction of sp³-hybridized carbons (Fsp3) is 0.938. The molecule has 0 amide bonds. The molecule has 7 heteroatoms. The lowest BCUT2D eigenvalue weighted by Crippen LogP contribution is -2.23. The SMILES string of the molecule is CC(C)(C)OC(=O)CCCOCCOCCOCCOCCBr. The molecule has 0 aromatic rings. The van der Waals surface area contributed by atoms with Crippen molar-refractivity contribution in [1.29, 1.82) is 0 Å². The third-order valence-electron chi connectivity index (χ3n) is 2.43. The first-order valence-corrected chi connectivity index (χ1v) is 9.16. The summed E-state index contributed by atoms with van der Waals surface area (Å²) < 4.78 is 26.5. The highest BCUT2D eigenvalue weighted by Gasteiger charge is 2.15. The Hall–Kier alpha value is -0.210. The molecule has 0 aromatic heterocycles. The number of hydrogen-bond acceptors (Lipinski definition) is 6. The fourth-order valence-electron chi connectivity index (χ4n) is 1.53. The Balaban J connectivity index is 3.15. The largest absolute Gasteiger partial charge is 0.460 e. The number of carbonyl (C=O) groups excluding carboxylic acids is 1. The van der Waals surface area contributed by atoms with Gasteiger partial charge in [0.05, 0.1) is 46.2 Å². The van der Waals surface area contributed by atoms with Crippen LogP contribution in [0, 0.1) is 0 Å². The van der Waals surface area contributed by atoms with Gasteiger partial charge in [-0.2, -0.15) is 0 Å². The van der Waals surface area contributed by atoms with E-state index in [1.807, 2.05) is 20.8 Å². The summed E-state index contributed by atoms with van der Waals surface area (Å²) in [7, 11) is 0. The lowest BCUT2D eigenvalue weighted by molar-refractivity contribution is -0.155. The summed E-state index contributed by atoms with van der Waals surface area (Å²) in [4.78, 5) is 11.4. The van der Waals surface area contributed by atoms with Crippen LogP contribution in [0.4, 0.5) is 0 Å². The summed E-state index contributed by atoms with van der Waals surface area (Å²) in [5.41, 5.74) is -0.423. The molecule has 0 unspecified atom stereocenters. The van der Waals surface area contributed by atoms with E-state index in [1.54, 1.807) is 0 Å². The van der Waals surface area contributed by atoms with Crippen molar-refractivity contribution in [2.75, 3.05) is 58.2 Å². The third-order valence-corrected chi connectivity index (χ3v) is 2.75. The number of carbonyl (C=O) groups is 1. The molecule has 0 bridgehead atoms. The maximum atomic E-state index is 11.4. The standard InChI is InChI=1S/C16H31BrO6/c1-16(2,3)23-15(18)5-4-7-19-9-11-21-13-14-22-12-10-20-8-6-17/h4-14H2,1-3H3. The van der Waals surface area contributed by atoms with Crippen molar-refractivity contribution >= 4 is 21.9 Å². The highest BCUT2D eigenvalue weighted by atomic mass is 79.9. The first kappa shape index (κ1) is 22.8. The Morgan fingerprint density at radius 1 is 0.783 bits per heavy atom. The normalized spacial score (nSPS) is 11.7. The lowest BCUT2D eigenvalue weighted by atomic mass is 10.2. The van der Waals surface area contributed by atoms with Crippen LogP contribution < -0.4 is 0 Å². The molecule has 0 spiro atoms. The van der Waals surface area contributed by atoms with E-state index < -0.39 is 5.60 Å². The van der Waals surface area contributed by atoms with E-state index in [1.165, 1.54) is 0 Å². The molecule has 0 fully saturated rings. The number of rotatable bonds is 15. The maximum Gasteiger partial charge on any atom is 0.306 e. The number of alkyl halides is 1. The van der Waals surface area contributed by atoms with Crippen LogP contribution in [0.3, 0.4) is 0 Å². The minimum absolute atomic E-state index is 0.186. The van der Waals surface area contributed by atoms with Gasteiger partial charge in [0.2, 0.25) is 0 Å². The first-order valence-electron chi connectivity index (χ1n) is 8.04. The van der Waals surface area contributed by atoms with Crippen molar-refractivity contribution in [3.05, 3.63) is 0 Å². The van der Waals surface area contributed by atoms with Gasteiger partial charge in [-0.15, -0.1) is 0 Å². The van der Waals surface area contributed by atoms with E-state index in [2.05, 4.69) is 15.9 Å². The fourth-order valence-corrected chi connectivity index (χ4v) is 1.76. The van der Waals surface area contributed by atoms with Gasteiger partial charge >= 0.3 is 5.97 Å². The van der Waals surface area contributed by atoms with Gasteiger partial charge in [0.1, 0.15) is 5.60 Å². The molecule has 0 aliphatic rings. The molecule has 0 N–H and O–H groups in total. The van der Waals surface area contributed by atoms with Gasteiger partial charge in [0.15, 0.2) is 0 Å². The van der Waals surface area contributed by atoms with Gasteiger partial charge in [-0.3, -0.25) is 4.79 Å². The smallest absolute Gasteiger partial charge is 0.306 e. The minimum Gasteiger partial charge on any atom is -0.460 e. The quantitative estimate of drug-likeness (QED) is 0.240.